The van der Waals surface area contributed by atoms with Gasteiger partial charge in [0.15, 0.2) is 0 Å². The summed E-state index contributed by atoms with van der Waals surface area (Å²) in [6.07, 6.45) is 1.71. The Balaban J connectivity index is 1.56. The van der Waals surface area contributed by atoms with Gasteiger partial charge in [-0.2, -0.15) is 5.26 Å². The van der Waals surface area contributed by atoms with Crippen LogP contribution in [0.2, 0.25) is 0 Å². The first kappa shape index (κ1) is 17.8. The Hall–Kier alpha value is -3.62. The summed E-state index contributed by atoms with van der Waals surface area (Å²) in [6, 6.07) is 24.2. The SMILES string of the molecule is COc1ccc(-c2csc(C(C#N)=CNc3ccc4ccccc4c3)n2)cc1. The Labute approximate surface area is 167 Å². The van der Waals surface area contributed by atoms with Crippen LogP contribution < -0.4 is 10.1 Å². The van der Waals surface area contributed by atoms with Gasteiger partial charge in [-0.25, -0.2) is 4.98 Å². The van der Waals surface area contributed by atoms with Gasteiger partial charge in [-0.05, 0) is 47.2 Å². The van der Waals surface area contributed by atoms with E-state index in [0.29, 0.717) is 10.6 Å². The molecule has 136 valence electrons. The van der Waals surface area contributed by atoms with Crippen LogP contribution in [0.5, 0.6) is 5.75 Å². The Kier molecular flexibility index (Phi) is 5.05. The van der Waals surface area contributed by atoms with Crippen LogP contribution in [0.15, 0.2) is 78.3 Å². The van der Waals surface area contributed by atoms with Crippen molar-refractivity contribution in [3.05, 3.63) is 83.3 Å². The van der Waals surface area contributed by atoms with Gasteiger partial charge in [-0.1, -0.05) is 30.3 Å². The zero-order valence-electron chi connectivity index (χ0n) is 15.2. The van der Waals surface area contributed by atoms with E-state index in [1.54, 1.807) is 13.3 Å². The van der Waals surface area contributed by atoms with E-state index in [2.05, 4.69) is 40.6 Å². The summed E-state index contributed by atoms with van der Waals surface area (Å²) in [6.45, 7) is 0. The Morgan fingerprint density at radius 2 is 1.86 bits per heavy atom. The minimum Gasteiger partial charge on any atom is -0.497 e. The largest absolute Gasteiger partial charge is 0.497 e. The van der Waals surface area contributed by atoms with E-state index in [4.69, 9.17) is 4.74 Å². The molecule has 1 heterocycles. The number of hydrogen-bond acceptors (Lipinski definition) is 5. The smallest absolute Gasteiger partial charge is 0.136 e. The molecular formula is C23H17N3OS. The molecule has 0 saturated carbocycles. The maximum absolute atomic E-state index is 9.57. The molecule has 0 amide bonds. The second-order valence-corrected chi connectivity index (χ2v) is 7.00. The van der Waals surface area contributed by atoms with Gasteiger partial charge >= 0.3 is 0 Å². The van der Waals surface area contributed by atoms with Crippen molar-refractivity contribution in [2.45, 2.75) is 0 Å². The third-order valence-corrected chi connectivity index (χ3v) is 5.25. The van der Waals surface area contributed by atoms with Gasteiger partial charge in [-0.15, -0.1) is 11.3 Å². The predicted octanol–water partition coefficient (Wildman–Crippen LogP) is 5.95. The van der Waals surface area contributed by atoms with Crippen molar-refractivity contribution in [3.8, 4) is 23.1 Å². The van der Waals surface area contributed by atoms with Crippen LogP contribution in [0.25, 0.3) is 27.6 Å². The molecule has 0 aliphatic carbocycles. The molecule has 0 saturated heterocycles. The number of aromatic nitrogens is 1. The van der Waals surface area contributed by atoms with Crippen LogP contribution in [-0.2, 0) is 0 Å². The number of allylic oxidation sites excluding steroid dienone is 1. The molecule has 1 aromatic heterocycles. The van der Waals surface area contributed by atoms with Crippen LogP contribution in [0.4, 0.5) is 5.69 Å². The van der Waals surface area contributed by atoms with Crippen LogP contribution in [0.3, 0.4) is 0 Å². The van der Waals surface area contributed by atoms with Crippen molar-refractivity contribution in [1.82, 2.24) is 4.98 Å². The van der Waals surface area contributed by atoms with Crippen LogP contribution in [0.1, 0.15) is 5.01 Å². The second kappa shape index (κ2) is 7.95. The number of benzene rings is 3. The number of anilines is 1. The third kappa shape index (κ3) is 3.73. The van der Waals surface area contributed by atoms with Crippen molar-refractivity contribution in [1.29, 1.82) is 5.26 Å². The summed E-state index contributed by atoms with van der Waals surface area (Å²) >= 11 is 1.45. The number of methoxy groups -OCH3 is 1. The van der Waals surface area contributed by atoms with Crippen molar-refractivity contribution in [3.63, 3.8) is 0 Å². The number of nitrogens with one attached hydrogen (secondary N) is 1. The van der Waals surface area contributed by atoms with Crippen LogP contribution >= 0.6 is 11.3 Å². The van der Waals surface area contributed by atoms with Crippen molar-refractivity contribution in [2.24, 2.45) is 0 Å². The molecule has 4 nitrogen and oxygen atoms in total. The average Bonchev–Trinajstić information content (AvgIpc) is 3.24. The number of ether oxygens (including phenoxy) is 1. The molecule has 0 spiro atoms. The van der Waals surface area contributed by atoms with E-state index in [1.165, 1.54) is 16.7 Å². The van der Waals surface area contributed by atoms with Gasteiger partial charge in [0.1, 0.15) is 22.4 Å². The first-order valence-electron chi connectivity index (χ1n) is 8.73. The van der Waals surface area contributed by atoms with E-state index in [-0.39, 0.29) is 0 Å². The number of nitrogens with zero attached hydrogens (tertiary/aromatic N) is 2. The van der Waals surface area contributed by atoms with Gasteiger partial charge in [-0.3, -0.25) is 0 Å². The predicted molar refractivity (Wildman–Crippen MR) is 115 cm³/mol. The first-order chi connectivity index (χ1) is 13.8. The summed E-state index contributed by atoms with van der Waals surface area (Å²) in [7, 11) is 1.64. The quantitative estimate of drug-likeness (QED) is 0.433. The van der Waals surface area contributed by atoms with Gasteiger partial charge < -0.3 is 10.1 Å². The van der Waals surface area contributed by atoms with Gasteiger partial charge in [0.2, 0.25) is 0 Å². The van der Waals surface area contributed by atoms with Crippen LogP contribution in [-0.4, -0.2) is 12.1 Å². The van der Waals surface area contributed by atoms with E-state index in [1.807, 2.05) is 47.8 Å². The molecule has 4 rings (SSSR count). The Bertz CT molecular complexity index is 1190. The number of hydrogen-bond donors (Lipinski definition) is 1. The lowest BCUT2D eigenvalue weighted by Gasteiger charge is -2.04. The van der Waals surface area contributed by atoms with Crippen LogP contribution in [0, 0.1) is 11.3 Å². The fraction of sp³-hybridized carbons (Fsp3) is 0.0435. The highest BCUT2D eigenvalue weighted by Gasteiger charge is 2.09. The summed E-state index contributed by atoms with van der Waals surface area (Å²) in [5.74, 6) is 0.802. The van der Waals surface area contributed by atoms with Gasteiger partial charge in [0.05, 0.1) is 12.8 Å². The molecular weight excluding hydrogens is 366 g/mol. The fourth-order valence-corrected chi connectivity index (χ4v) is 3.66. The van der Waals surface area contributed by atoms with E-state index in [0.717, 1.165) is 28.1 Å². The summed E-state index contributed by atoms with van der Waals surface area (Å²) in [5.41, 5.74) is 3.26. The molecule has 0 atom stereocenters. The molecule has 0 radical (unpaired) electrons. The minimum absolute atomic E-state index is 0.498. The van der Waals surface area contributed by atoms with Crippen molar-refractivity contribution >= 4 is 33.4 Å². The molecule has 0 fully saturated rings. The van der Waals surface area contributed by atoms with Crippen molar-refractivity contribution < 1.29 is 4.74 Å². The lowest BCUT2D eigenvalue weighted by Crippen LogP contribution is -1.91. The molecule has 0 bridgehead atoms. The summed E-state index contributed by atoms with van der Waals surface area (Å²) in [5, 5.41) is 17.8. The number of nitriles is 1. The maximum Gasteiger partial charge on any atom is 0.136 e. The highest BCUT2D eigenvalue weighted by molar-refractivity contribution is 7.11. The van der Waals surface area contributed by atoms with E-state index >= 15 is 0 Å². The number of fused-ring (bicyclic) bond motifs is 1. The van der Waals surface area contributed by atoms with E-state index in [9.17, 15) is 5.26 Å². The summed E-state index contributed by atoms with van der Waals surface area (Å²) in [4.78, 5) is 4.62. The zero-order valence-corrected chi connectivity index (χ0v) is 16.0. The molecule has 3 aromatic carbocycles. The lowest BCUT2D eigenvalue weighted by atomic mass is 10.1. The minimum atomic E-state index is 0.498. The highest BCUT2D eigenvalue weighted by atomic mass is 32.1. The topological polar surface area (TPSA) is 57.9 Å². The van der Waals surface area contributed by atoms with Gasteiger partial charge in [0.25, 0.3) is 0 Å². The molecule has 0 aliphatic rings. The molecule has 1 N–H and O–H groups in total. The second-order valence-electron chi connectivity index (χ2n) is 6.14. The number of rotatable bonds is 5. The number of thiazole rings is 1. The monoisotopic (exact) mass is 383 g/mol. The molecule has 4 aromatic rings. The standard InChI is InChI=1S/C23H17N3OS/c1-27-21-10-7-17(8-11-21)22-15-28-23(26-22)19(13-24)14-25-20-9-6-16-4-2-3-5-18(16)12-20/h2-12,14-15,25H,1H3. The Morgan fingerprint density at radius 3 is 2.61 bits per heavy atom. The van der Waals surface area contributed by atoms with Crippen molar-refractivity contribution in [2.75, 3.05) is 12.4 Å². The molecule has 28 heavy (non-hydrogen) atoms. The lowest BCUT2D eigenvalue weighted by molar-refractivity contribution is 0.415. The average molecular weight is 383 g/mol. The zero-order chi connectivity index (χ0) is 19.3. The first-order valence-corrected chi connectivity index (χ1v) is 9.61. The molecule has 0 aliphatic heterocycles. The third-order valence-electron chi connectivity index (χ3n) is 4.37. The normalized spacial score (nSPS) is 11.2. The maximum atomic E-state index is 9.57. The van der Waals surface area contributed by atoms with Gasteiger partial charge in [0, 0.05) is 22.8 Å². The highest BCUT2D eigenvalue weighted by Crippen LogP contribution is 2.27. The van der Waals surface area contributed by atoms with E-state index < -0.39 is 0 Å². The Morgan fingerprint density at radius 1 is 1.07 bits per heavy atom. The molecule has 0 unspecified atom stereocenters. The summed E-state index contributed by atoms with van der Waals surface area (Å²) < 4.78 is 5.19. The fourth-order valence-electron chi connectivity index (χ4n) is 2.87. The molecule has 5 heteroatoms.